The van der Waals surface area contributed by atoms with Crippen LogP contribution < -0.4 is 15.2 Å². The second-order valence-corrected chi connectivity index (χ2v) is 5.99. The maximum atomic E-state index is 12.7. The van der Waals surface area contributed by atoms with Crippen LogP contribution in [0.5, 0.6) is 11.5 Å². The number of methoxy groups -OCH3 is 1. The molecule has 126 valence electrons. The van der Waals surface area contributed by atoms with Crippen molar-refractivity contribution in [1.29, 1.82) is 0 Å². The third-order valence-corrected chi connectivity index (χ3v) is 4.18. The Kier molecular flexibility index (Phi) is 5.71. The molecule has 0 spiro atoms. The molecule has 0 unspecified atom stereocenters. The Bertz CT molecular complexity index is 606. The number of halogens is 1. The first kappa shape index (κ1) is 17.4. The van der Waals surface area contributed by atoms with Crippen molar-refractivity contribution in [2.24, 2.45) is 5.73 Å². The monoisotopic (exact) mass is 340 g/mol. The van der Waals surface area contributed by atoms with E-state index in [1.54, 1.807) is 6.07 Å². The maximum Gasteiger partial charge on any atom is 0.255 e. The normalized spacial score (nSPS) is 17.7. The average Bonchev–Trinajstić information content (AvgIpc) is 2.52. The molecule has 7 heteroatoms. The van der Waals surface area contributed by atoms with Gasteiger partial charge in [0.2, 0.25) is 0 Å². The van der Waals surface area contributed by atoms with E-state index in [0.29, 0.717) is 11.3 Å². The molecule has 0 aliphatic carbocycles. The van der Waals surface area contributed by atoms with Crippen molar-refractivity contribution < 1.29 is 19.1 Å². The molecule has 0 bridgehead atoms. The van der Waals surface area contributed by atoms with Gasteiger partial charge in [-0.25, -0.2) is 0 Å². The van der Waals surface area contributed by atoms with Gasteiger partial charge < -0.3 is 20.1 Å². The van der Waals surface area contributed by atoms with Crippen LogP contribution in [0.25, 0.3) is 0 Å². The SMILES string of the molecule is COc1cc(C(=O)N2CCCC[C@@H]2C)cc(Cl)c1OCC(N)=O. The van der Waals surface area contributed by atoms with Gasteiger partial charge in [0.25, 0.3) is 11.8 Å². The Morgan fingerprint density at radius 3 is 2.74 bits per heavy atom. The van der Waals surface area contributed by atoms with Crippen molar-refractivity contribution in [3.8, 4) is 11.5 Å². The minimum atomic E-state index is -0.620. The molecule has 1 atom stereocenters. The number of ether oxygens (including phenoxy) is 2. The number of likely N-dealkylation sites (tertiary alicyclic amines) is 1. The third kappa shape index (κ3) is 4.07. The summed E-state index contributed by atoms with van der Waals surface area (Å²) in [6, 6.07) is 3.31. The van der Waals surface area contributed by atoms with Gasteiger partial charge in [-0.05, 0) is 38.3 Å². The van der Waals surface area contributed by atoms with Gasteiger partial charge >= 0.3 is 0 Å². The summed E-state index contributed by atoms with van der Waals surface area (Å²) in [7, 11) is 1.45. The number of carbonyl (C=O) groups excluding carboxylic acids is 2. The van der Waals surface area contributed by atoms with Crippen molar-refractivity contribution >= 4 is 23.4 Å². The van der Waals surface area contributed by atoms with Crippen molar-refractivity contribution in [1.82, 2.24) is 4.90 Å². The van der Waals surface area contributed by atoms with Gasteiger partial charge in [-0.2, -0.15) is 0 Å². The Morgan fingerprint density at radius 2 is 2.13 bits per heavy atom. The highest BCUT2D eigenvalue weighted by Crippen LogP contribution is 2.37. The molecule has 1 saturated heterocycles. The Balaban J connectivity index is 2.27. The van der Waals surface area contributed by atoms with Crippen molar-refractivity contribution in [3.05, 3.63) is 22.7 Å². The number of benzene rings is 1. The van der Waals surface area contributed by atoms with Crippen molar-refractivity contribution in [3.63, 3.8) is 0 Å². The van der Waals surface area contributed by atoms with Crippen molar-refractivity contribution in [2.45, 2.75) is 32.2 Å². The molecule has 6 nitrogen and oxygen atoms in total. The van der Waals surface area contributed by atoms with Gasteiger partial charge in [-0.1, -0.05) is 11.6 Å². The summed E-state index contributed by atoms with van der Waals surface area (Å²) >= 11 is 6.19. The number of piperidine rings is 1. The molecule has 0 aromatic heterocycles. The Morgan fingerprint density at radius 1 is 1.39 bits per heavy atom. The summed E-state index contributed by atoms with van der Waals surface area (Å²) in [6.07, 6.45) is 3.13. The zero-order chi connectivity index (χ0) is 17.0. The number of amides is 2. The molecule has 2 rings (SSSR count). The standard InChI is InChI=1S/C16H21ClN2O4/c1-10-5-3-4-6-19(10)16(21)11-7-12(17)15(13(8-11)22-2)23-9-14(18)20/h7-8,10H,3-6,9H2,1-2H3,(H2,18,20)/t10-/m0/s1. The average molecular weight is 341 g/mol. The minimum absolute atomic E-state index is 0.0844. The highest BCUT2D eigenvalue weighted by molar-refractivity contribution is 6.32. The summed E-state index contributed by atoms with van der Waals surface area (Å²) in [4.78, 5) is 25.4. The molecule has 1 fully saturated rings. The van der Waals surface area contributed by atoms with Gasteiger partial charge in [-0.15, -0.1) is 0 Å². The van der Waals surface area contributed by atoms with E-state index in [0.717, 1.165) is 25.8 Å². The van der Waals surface area contributed by atoms with Crippen LogP contribution in [-0.2, 0) is 4.79 Å². The van der Waals surface area contributed by atoms with E-state index in [4.69, 9.17) is 26.8 Å². The number of nitrogens with zero attached hydrogens (tertiary/aromatic N) is 1. The van der Waals surface area contributed by atoms with Crippen LogP contribution in [0.2, 0.25) is 5.02 Å². The fourth-order valence-corrected chi connectivity index (χ4v) is 2.96. The van der Waals surface area contributed by atoms with E-state index >= 15 is 0 Å². The zero-order valence-corrected chi connectivity index (χ0v) is 14.1. The molecule has 0 radical (unpaired) electrons. The molecular weight excluding hydrogens is 320 g/mol. The summed E-state index contributed by atoms with van der Waals surface area (Å²) in [5, 5.41) is 0.207. The largest absolute Gasteiger partial charge is 0.493 e. The summed E-state index contributed by atoms with van der Waals surface area (Å²) in [6.45, 7) is 2.46. The van der Waals surface area contributed by atoms with E-state index in [9.17, 15) is 9.59 Å². The Labute approximate surface area is 140 Å². The van der Waals surface area contributed by atoms with Crippen molar-refractivity contribution in [2.75, 3.05) is 20.3 Å². The summed E-state index contributed by atoms with van der Waals surface area (Å²) < 4.78 is 10.5. The molecule has 1 heterocycles. The summed E-state index contributed by atoms with van der Waals surface area (Å²) in [5.41, 5.74) is 5.50. The highest BCUT2D eigenvalue weighted by Gasteiger charge is 2.26. The van der Waals surface area contributed by atoms with Crippen LogP contribution in [0, 0.1) is 0 Å². The lowest BCUT2D eigenvalue weighted by molar-refractivity contribution is -0.119. The third-order valence-electron chi connectivity index (χ3n) is 3.90. The quantitative estimate of drug-likeness (QED) is 0.891. The predicted molar refractivity (Wildman–Crippen MR) is 87.0 cm³/mol. The van der Waals surface area contributed by atoms with Crippen LogP contribution in [0.4, 0.5) is 0 Å². The van der Waals surface area contributed by atoms with Crippen LogP contribution in [0.15, 0.2) is 12.1 Å². The van der Waals surface area contributed by atoms with E-state index in [1.807, 2.05) is 11.8 Å². The number of rotatable bonds is 5. The highest BCUT2D eigenvalue weighted by atomic mass is 35.5. The second kappa shape index (κ2) is 7.55. The van der Waals surface area contributed by atoms with Crippen LogP contribution in [-0.4, -0.2) is 43.0 Å². The topological polar surface area (TPSA) is 81.9 Å². The minimum Gasteiger partial charge on any atom is -0.493 e. The molecule has 1 aromatic rings. The van der Waals surface area contributed by atoms with Gasteiger partial charge in [0, 0.05) is 18.2 Å². The fraction of sp³-hybridized carbons (Fsp3) is 0.500. The first-order valence-electron chi connectivity index (χ1n) is 7.53. The lowest BCUT2D eigenvalue weighted by Crippen LogP contribution is -2.42. The molecule has 1 aromatic carbocycles. The number of hydrogen-bond acceptors (Lipinski definition) is 4. The predicted octanol–water partition coefficient (Wildman–Crippen LogP) is 2.23. The van der Waals surface area contributed by atoms with Gasteiger partial charge in [-0.3, -0.25) is 9.59 Å². The molecular formula is C16H21ClN2O4. The van der Waals surface area contributed by atoms with E-state index < -0.39 is 5.91 Å². The van der Waals surface area contributed by atoms with Gasteiger partial charge in [0.1, 0.15) is 0 Å². The molecule has 0 saturated carbocycles. The van der Waals surface area contributed by atoms with E-state index in [-0.39, 0.29) is 29.3 Å². The Hall–Kier alpha value is -1.95. The lowest BCUT2D eigenvalue weighted by atomic mass is 10.0. The summed E-state index contributed by atoms with van der Waals surface area (Å²) in [5.74, 6) is -0.202. The number of carbonyl (C=O) groups is 2. The molecule has 1 aliphatic heterocycles. The van der Waals surface area contributed by atoms with Gasteiger partial charge in [0.05, 0.1) is 12.1 Å². The molecule has 23 heavy (non-hydrogen) atoms. The smallest absolute Gasteiger partial charge is 0.255 e. The molecule has 2 amide bonds. The van der Waals surface area contributed by atoms with Crippen LogP contribution >= 0.6 is 11.6 Å². The fourth-order valence-electron chi connectivity index (χ4n) is 2.69. The first-order chi connectivity index (χ1) is 10.9. The first-order valence-corrected chi connectivity index (χ1v) is 7.91. The lowest BCUT2D eigenvalue weighted by Gasteiger charge is -2.33. The second-order valence-electron chi connectivity index (χ2n) is 5.59. The molecule has 1 aliphatic rings. The van der Waals surface area contributed by atoms with Crippen LogP contribution in [0.3, 0.4) is 0 Å². The molecule has 2 N–H and O–H groups in total. The maximum absolute atomic E-state index is 12.7. The van der Waals surface area contributed by atoms with E-state index in [1.165, 1.54) is 13.2 Å². The number of hydrogen-bond donors (Lipinski definition) is 1. The van der Waals surface area contributed by atoms with E-state index in [2.05, 4.69) is 0 Å². The number of primary amides is 1. The zero-order valence-electron chi connectivity index (χ0n) is 13.3. The number of nitrogens with two attached hydrogens (primary N) is 1. The van der Waals surface area contributed by atoms with Crippen LogP contribution in [0.1, 0.15) is 36.5 Å². The van der Waals surface area contributed by atoms with Gasteiger partial charge in [0.15, 0.2) is 18.1 Å².